The first-order valence-corrected chi connectivity index (χ1v) is 0. The molecule has 0 aliphatic carbocycles. The van der Waals surface area contributed by atoms with Crippen LogP contribution in [0, 0.1) is 0 Å². The molecule has 0 saturated carbocycles. The van der Waals surface area contributed by atoms with Crippen molar-refractivity contribution in [1.29, 1.82) is 0 Å². The average molecular weight is 116 g/mol. The van der Waals surface area contributed by atoms with Gasteiger partial charge in [0.1, 0.15) is 0 Å². The zero-order valence-electron chi connectivity index (χ0n) is 1.45. The third kappa shape index (κ3) is 46.8. The van der Waals surface area contributed by atoms with E-state index < -0.39 is 0 Å². The van der Waals surface area contributed by atoms with Crippen LogP contribution in [0.2, 0.25) is 0 Å². The minimum absolute atomic E-state index is 0. The molecule has 0 spiro atoms. The van der Waals surface area contributed by atoms with Crippen LogP contribution in [-0.2, 0) is 16.5 Å². The monoisotopic (exact) mass is 115 g/mol. The van der Waals surface area contributed by atoms with E-state index in [0.29, 0.717) is 0 Å². The minimum Gasteiger partial charge on any atom is -1.00 e. The van der Waals surface area contributed by atoms with Gasteiger partial charge in [-0.15, -0.1) is 0 Å². The van der Waals surface area contributed by atoms with Gasteiger partial charge in [0.2, 0.25) is 0 Å². The summed E-state index contributed by atoms with van der Waals surface area (Å²) in [5.74, 6) is 0. The van der Waals surface area contributed by atoms with Gasteiger partial charge in [0.15, 0.2) is 0 Å². The molecular weight excluding hydrogens is 116 g/mol. The largest absolute Gasteiger partial charge is 3.00 e. The number of rotatable bonds is 0. The summed E-state index contributed by atoms with van der Waals surface area (Å²) in [6, 6.07) is 0. The van der Waals surface area contributed by atoms with Gasteiger partial charge >= 0.3 is 16.5 Å². The Hall–Kier alpha value is 0.284. The standard InChI is InChI=1S/3FH.Ni/h3*1H;/q;;;+3/p-3. The van der Waals surface area contributed by atoms with Crippen LogP contribution < -0.4 is 14.1 Å². The second-order valence-corrected chi connectivity index (χ2v) is 0. The Bertz CT molecular complexity index is 3.25. The average Bonchev–Trinajstić information content (AvgIpc) is 0. The normalized spacial score (nSPS) is 0. The zero-order chi connectivity index (χ0) is 0. The summed E-state index contributed by atoms with van der Waals surface area (Å²) in [7, 11) is 0. The Balaban J connectivity index is 0. The summed E-state index contributed by atoms with van der Waals surface area (Å²) in [6.07, 6.45) is 0. The first-order chi connectivity index (χ1) is 0. The summed E-state index contributed by atoms with van der Waals surface area (Å²) < 4.78 is 0. The Morgan fingerprint density at radius 1 is 0.500 bits per heavy atom. The van der Waals surface area contributed by atoms with Gasteiger partial charge in [-0.05, 0) is 0 Å². The first-order valence-electron chi connectivity index (χ1n) is 0. The van der Waals surface area contributed by atoms with E-state index in [1.54, 1.807) is 0 Å². The predicted molar refractivity (Wildman–Crippen MR) is 0 cm³/mol. The third-order valence-corrected chi connectivity index (χ3v) is 0. The fourth-order valence-corrected chi connectivity index (χ4v) is 0. The summed E-state index contributed by atoms with van der Waals surface area (Å²) in [6.45, 7) is 0. The van der Waals surface area contributed by atoms with Crippen molar-refractivity contribution in [2.24, 2.45) is 0 Å². The van der Waals surface area contributed by atoms with Crippen LogP contribution in [0.3, 0.4) is 0 Å². The van der Waals surface area contributed by atoms with Gasteiger partial charge in [0.25, 0.3) is 0 Å². The second-order valence-electron chi connectivity index (χ2n) is 0. The number of halogens is 3. The molecule has 0 rings (SSSR count). The molecule has 0 aromatic carbocycles. The molecule has 0 heterocycles. The molecule has 0 N–H and O–H groups in total. The van der Waals surface area contributed by atoms with Crippen LogP contribution in [0.5, 0.6) is 0 Å². The van der Waals surface area contributed by atoms with Crippen LogP contribution in [-0.4, -0.2) is 0 Å². The van der Waals surface area contributed by atoms with Gasteiger partial charge in [0.05, 0.1) is 0 Å². The van der Waals surface area contributed by atoms with E-state index in [2.05, 4.69) is 0 Å². The molecule has 4 heteroatoms. The van der Waals surface area contributed by atoms with Crippen LogP contribution >= 0.6 is 0 Å². The smallest absolute Gasteiger partial charge is 1.00 e. The molecule has 1 radical (unpaired) electrons. The Morgan fingerprint density at radius 2 is 0.500 bits per heavy atom. The molecule has 0 fully saturated rings. The predicted octanol–water partition coefficient (Wildman–Crippen LogP) is -8.99. The summed E-state index contributed by atoms with van der Waals surface area (Å²) in [5.41, 5.74) is 0. The molecule has 0 bridgehead atoms. The van der Waals surface area contributed by atoms with Crippen molar-refractivity contribution >= 4 is 0 Å². The maximum Gasteiger partial charge on any atom is 3.00 e. The summed E-state index contributed by atoms with van der Waals surface area (Å²) in [4.78, 5) is 0. The van der Waals surface area contributed by atoms with Crippen LogP contribution in [0.1, 0.15) is 0 Å². The van der Waals surface area contributed by atoms with Gasteiger partial charge in [-0.1, -0.05) is 0 Å². The van der Waals surface area contributed by atoms with Crippen molar-refractivity contribution in [2.45, 2.75) is 0 Å². The van der Waals surface area contributed by atoms with Gasteiger partial charge in [-0.3, -0.25) is 0 Å². The van der Waals surface area contributed by atoms with Crippen molar-refractivity contribution in [3.8, 4) is 0 Å². The first kappa shape index (κ1) is 575. The molecule has 0 unspecified atom stereocenters. The molecule has 0 aliphatic heterocycles. The molecule has 0 saturated heterocycles. The molecule has 0 aromatic rings. The molecule has 31 valence electrons. The third-order valence-electron chi connectivity index (χ3n) is 0. The van der Waals surface area contributed by atoms with Crippen LogP contribution in [0.4, 0.5) is 0 Å². The zero-order valence-corrected chi connectivity index (χ0v) is 2.44. The van der Waals surface area contributed by atoms with Crippen molar-refractivity contribution in [1.82, 2.24) is 0 Å². The molecular formula is F3Ni. The molecule has 0 amide bonds. The van der Waals surface area contributed by atoms with E-state index in [1.165, 1.54) is 0 Å². The Kier molecular flexibility index (Phi) is 30600. The SMILES string of the molecule is [F-].[F-].[F-].[Ni+3]. The number of hydrogen-bond donors (Lipinski definition) is 0. The Labute approximate surface area is 31.6 Å². The summed E-state index contributed by atoms with van der Waals surface area (Å²) >= 11 is 0. The minimum atomic E-state index is 0. The van der Waals surface area contributed by atoms with E-state index in [9.17, 15) is 0 Å². The molecule has 0 aromatic heterocycles. The van der Waals surface area contributed by atoms with Crippen LogP contribution in [0.25, 0.3) is 0 Å². The molecule has 0 nitrogen and oxygen atoms in total. The van der Waals surface area contributed by atoms with Crippen molar-refractivity contribution in [2.75, 3.05) is 0 Å². The molecule has 4 heavy (non-hydrogen) atoms. The van der Waals surface area contributed by atoms with Gasteiger partial charge < -0.3 is 14.1 Å². The molecule has 0 atom stereocenters. The maximum atomic E-state index is 0. The van der Waals surface area contributed by atoms with E-state index in [4.69, 9.17) is 0 Å². The number of hydrogen-bond acceptors (Lipinski definition) is 0. The van der Waals surface area contributed by atoms with E-state index >= 15 is 0 Å². The van der Waals surface area contributed by atoms with Crippen molar-refractivity contribution in [3.63, 3.8) is 0 Å². The van der Waals surface area contributed by atoms with Crippen molar-refractivity contribution < 1.29 is 30.6 Å². The van der Waals surface area contributed by atoms with Crippen molar-refractivity contribution in [3.05, 3.63) is 0 Å². The van der Waals surface area contributed by atoms with E-state index in [0.717, 1.165) is 0 Å². The van der Waals surface area contributed by atoms with Crippen LogP contribution in [0.15, 0.2) is 0 Å². The Morgan fingerprint density at radius 3 is 0.500 bits per heavy atom. The van der Waals surface area contributed by atoms with E-state index in [1.807, 2.05) is 0 Å². The fourth-order valence-electron chi connectivity index (χ4n) is 0. The topological polar surface area (TPSA) is 0 Å². The molecule has 0 aliphatic rings. The maximum absolute atomic E-state index is 0. The van der Waals surface area contributed by atoms with Gasteiger partial charge in [-0.25, -0.2) is 0 Å². The second kappa shape index (κ2) is 213. The quantitative estimate of drug-likeness (QED) is 0.275. The van der Waals surface area contributed by atoms with E-state index in [-0.39, 0.29) is 30.6 Å². The van der Waals surface area contributed by atoms with Gasteiger partial charge in [-0.2, -0.15) is 0 Å². The fraction of sp³-hybridized carbons (Fsp3) is 0. The van der Waals surface area contributed by atoms with Gasteiger partial charge in [0, 0.05) is 0 Å². The summed E-state index contributed by atoms with van der Waals surface area (Å²) in [5, 5.41) is 0.